The summed E-state index contributed by atoms with van der Waals surface area (Å²) in [5.74, 6) is -1.11. The Hall–Kier alpha value is -1.74. The van der Waals surface area contributed by atoms with Crippen LogP contribution in [0.3, 0.4) is 0 Å². The number of hydrogen-bond donors (Lipinski definition) is 1. The zero-order chi connectivity index (χ0) is 18.8. The fraction of sp³-hybridized carbons (Fsp3) is 0.312. The number of carbonyl (C=O) groups is 3. The molecule has 3 amide bonds. The zero-order valence-corrected chi connectivity index (χ0v) is 15.7. The lowest BCUT2D eigenvalue weighted by Gasteiger charge is -2.28. The van der Waals surface area contributed by atoms with Gasteiger partial charge >= 0.3 is 0 Å². The number of phenols is 1. The van der Waals surface area contributed by atoms with Crippen molar-refractivity contribution in [2.45, 2.75) is 0 Å². The third-order valence-corrected chi connectivity index (χ3v) is 5.35. The van der Waals surface area contributed by atoms with Crippen LogP contribution in [0.2, 0.25) is 10.0 Å². The Kier molecular flexibility index (Phi) is 5.76. The molecule has 0 radical (unpaired) electrons. The minimum atomic E-state index is -0.554. The van der Waals surface area contributed by atoms with Gasteiger partial charge in [0.1, 0.15) is 6.54 Å². The molecule has 26 heavy (non-hydrogen) atoms. The Bertz CT molecular complexity index is 785. The number of carbonyl (C=O) groups excluding carboxylic acids is 3. The lowest BCUT2D eigenvalue weighted by Crippen LogP contribution is -2.46. The molecule has 10 heteroatoms. The van der Waals surface area contributed by atoms with Crippen molar-refractivity contribution in [3.8, 4) is 5.75 Å². The minimum Gasteiger partial charge on any atom is -0.505 e. The van der Waals surface area contributed by atoms with Crippen LogP contribution < -0.4 is 0 Å². The van der Waals surface area contributed by atoms with Gasteiger partial charge in [-0.3, -0.25) is 19.3 Å². The molecule has 0 atom stereocenters. The highest BCUT2D eigenvalue weighted by molar-refractivity contribution is 8.18. The van der Waals surface area contributed by atoms with Gasteiger partial charge in [0, 0.05) is 13.1 Å². The number of aromatic hydroxyl groups is 1. The maximum absolute atomic E-state index is 12.5. The third kappa shape index (κ3) is 3.98. The first-order chi connectivity index (χ1) is 12.4. The molecule has 0 unspecified atom stereocenters. The summed E-state index contributed by atoms with van der Waals surface area (Å²) in [6.45, 7) is 1.45. The van der Waals surface area contributed by atoms with Crippen molar-refractivity contribution in [2.75, 3.05) is 32.8 Å². The minimum absolute atomic E-state index is 0.0328. The number of amides is 3. The van der Waals surface area contributed by atoms with Crippen LogP contribution in [0, 0.1) is 0 Å². The Morgan fingerprint density at radius 3 is 2.46 bits per heavy atom. The molecule has 7 nitrogen and oxygen atoms in total. The van der Waals surface area contributed by atoms with Crippen LogP contribution in [0.1, 0.15) is 5.56 Å². The molecular formula is C16H14Cl2N2O5S. The van der Waals surface area contributed by atoms with Crippen molar-refractivity contribution in [2.24, 2.45) is 0 Å². The number of phenolic OH excluding ortho intramolecular Hbond substituents is 1. The highest BCUT2D eigenvalue weighted by Crippen LogP contribution is 2.36. The number of nitrogens with zero attached hydrogens (tertiary/aromatic N) is 2. The van der Waals surface area contributed by atoms with E-state index in [1.54, 1.807) is 4.90 Å². The highest BCUT2D eigenvalue weighted by atomic mass is 35.5. The first-order valence-electron chi connectivity index (χ1n) is 7.65. The number of imide groups is 1. The van der Waals surface area contributed by atoms with E-state index in [-0.39, 0.29) is 33.2 Å². The predicted octanol–water partition coefficient (Wildman–Crippen LogP) is 2.59. The Morgan fingerprint density at radius 2 is 1.85 bits per heavy atom. The molecule has 2 saturated heterocycles. The summed E-state index contributed by atoms with van der Waals surface area (Å²) in [5, 5.41) is 9.13. The molecule has 1 aromatic rings. The first-order valence-corrected chi connectivity index (χ1v) is 9.23. The van der Waals surface area contributed by atoms with E-state index in [1.165, 1.54) is 18.2 Å². The van der Waals surface area contributed by atoms with Crippen molar-refractivity contribution in [1.82, 2.24) is 9.80 Å². The second-order valence-electron chi connectivity index (χ2n) is 5.59. The molecule has 0 aromatic heterocycles. The number of halogens is 2. The molecule has 3 rings (SSSR count). The van der Waals surface area contributed by atoms with Gasteiger partial charge < -0.3 is 14.7 Å². The number of ether oxygens (including phenoxy) is 1. The van der Waals surface area contributed by atoms with Gasteiger partial charge in [-0.2, -0.15) is 0 Å². The van der Waals surface area contributed by atoms with Gasteiger partial charge in [0.05, 0.1) is 28.2 Å². The van der Waals surface area contributed by atoms with E-state index in [4.69, 9.17) is 27.9 Å². The van der Waals surface area contributed by atoms with E-state index in [2.05, 4.69) is 0 Å². The largest absolute Gasteiger partial charge is 0.505 e. The van der Waals surface area contributed by atoms with Gasteiger partial charge in [-0.25, -0.2) is 0 Å². The maximum Gasteiger partial charge on any atom is 0.294 e. The topological polar surface area (TPSA) is 87.2 Å². The number of thioether (sulfide) groups is 1. The van der Waals surface area contributed by atoms with Gasteiger partial charge in [-0.15, -0.1) is 0 Å². The monoisotopic (exact) mass is 416 g/mol. The first kappa shape index (κ1) is 19.0. The van der Waals surface area contributed by atoms with Gasteiger partial charge in [0.15, 0.2) is 5.75 Å². The quantitative estimate of drug-likeness (QED) is 0.761. The summed E-state index contributed by atoms with van der Waals surface area (Å²) in [6, 6.07) is 2.85. The standard InChI is InChI=1S/C16H14Cl2N2O5S/c17-10-5-9(6-11(18)14(10)22)7-12-15(23)20(16(24)26-12)8-13(21)19-1-3-25-4-2-19/h5-7,22H,1-4,8H2/b12-7-. The third-order valence-electron chi connectivity index (χ3n) is 3.87. The Labute approximate surface area is 163 Å². The van der Waals surface area contributed by atoms with E-state index in [9.17, 15) is 19.5 Å². The van der Waals surface area contributed by atoms with Crippen molar-refractivity contribution in [3.63, 3.8) is 0 Å². The number of morpholine rings is 1. The smallest absolute Gasteiger partial charge is 0.294 e. The molecule has 1 N–H and O–H groups in total. The number of rotatable bonds is 3. The second kappa shape index (κ2) is 7.87. The van der Waals surface area contributed by atoms with Crippen molar-refractivity contribution in [3.05, 3.63) is 32.6 Å². The van der Waals surface area contributed by atoms with E-state index in [0.717, 1.165) is 16.7 Å². The second-order valence-corrected chi connectivity index (χ2v) is 7.40. The summed E-state index contributed by atoms with van der Waals surface area (Å²) < 4.78 is 5.18. The molecule has 2 aliphatic rings. The SMILES string of the molecule is O=C(CN1C(=O)S/C(=C\c2cc(Cl)c(O)c(Cl)c2)C1=O)N1CCOCC1. The molecule has 1 aromatic carbocycles. The molecule has 2 aliphatic heterocycles. The normalized spacial score (nSPS) is 19.5. The van der Waals surface area contributed by atoms with Crippen LogP contribution >= 0.6 is 35.0 Å². The molecule has 0 aliphatic carbocycles. The van der Waals surface area contributed by atoms with E-state index in [0.29, 0.717) is 31.9 Å². The van der Waals surface area contributed by atoms with Crippen molar-refractivity contribution >= 4 is 58.1 Å². The van der Waals surface area contributed by atoms with Gasteiger partial charge in [-0.1, -0.05) is 23.2 Å². The molecule has 0 saturated carbocycles. The van der Waals surface area contributed by atoms with Crippen LogP contribution in [0.25, 0.3) is 6.08 Å². The Morgan fingerprint density at radius 1 is 1.23 bits per heavy atom. The van der Waals surface area contributed by atoms with Gasteiger partial charge in [0.2, 0.25) is 5.91 Å². The maximum atomic E-state index is 12.5. The predicted molar refractivity (Wildman–Crippen MR) is 98.2 cm³/mol. The number of hydrogen-bond acceptors (Lipinski definition) is 6. The lowest BCUT2D eigenvalue weighted by atomic mass is 10.2. The summed E-state index contributed by atoms with van der Waals surface area (Å²) in [6.07, 6.45) is 1.45. The van der Waals surface area contributed by atoms with Crippen LogP contribution in [0.5, 0.6) is 5.75 Å². The van der Waals surface area contributed by atoms with E-state index in [1.807, 2.05) is 0 Å². The summed E-state index contributed by atoms with van der Waals surface area (Å²) in [4.78, 5) is 39.5. The molecule has 2 fully saturated rings. The van der Waals surface area contributed by atoms with E-state index < -0.39 is 11.1 Å². The average Bonchev–Trinajstić information content (AvgIpc) is 2.87. The van der Waals surface area contributed by atoms with Gasteiger partial charge in [0.25, 0.3) is 11.1 Å². The van der Waals surface area contributed by atoms with Crippen LogP contribution in [-0.4, -0.2) is 64.8 Å². The van der Waals surface area contributed by atoms with Crippen molar-refractivity contribution in [1.29, 1.82) is 0 Å². The average molecular weight is 417 g/mol. The highest BCUT2D eigenvalue weighted by Gasteiger charge is 2.37. The fourth-order valence-corrected chi connectivity index (χ4v) is 3.85. The van der Waals surface area contributed by atoms with Gasteiger partial charge in [-0.05, 0) is 35.5 Å². The summed E-state index contributed by atoms with van der Waals surface area (Å²) in [5.41, 5.74) is 0.461. The zero-order valence-electron chi connectivity index (χ0n) is 13.4. The van der Waals surface area contributed by atoms with Crippen LogP contribution in [0.15, 0.2) is 17.0 Å². The molecule has 0 spiro atoms. The summed E-state index contributed by atoms with van der Waals surface area (Å²) >= 11 is 12.5. The van der Waals surface area contributed by atoms with Crippen LogP contribution in [0.4, 0.5) is 4.79 Å². The molecule has 138 valence electrons. The number of benzene rings is 1. The van der Waals surface area contributed by atoms with E-state index >= 15 is 0 Å². The van der Waals surface area contributed by atoms with Crippen LogP contribution in [-0.2, 0) is 14.3 Å². The fourth-order valence-electron chi connectivity index (χ4n) is 2.50. The molecule has 2 heterocycles. The molecular weight excluding hydrogens is 403 g/mol. The Balaban J connectivity index is 1.75. The lowest BCUT2D eigenvalue weighted by molar-refractivity contribution is -0.139. The summed E-state index contributed by atoms with van der Waals surface area (Å²) in [7, 11) is 0. The molecule has 0 bridgehead atoms. The van der Waals surface area contributed by atoms with Crippen molar-refractivity contribution < 1.29 is 24.2 Å².